The van der Waals surface area contributed by atoms with Crippen LogP contribution in [-0.2, 0) is 4.74 Å². The van der Waals surface area contributed by atoms with Crippen molar-refractivity contribution in [2.24, 2.45) is 5.73 Å². The van der Waals surface area contributed by atoms with Gasteiger partial charge in [-0.2, -0.15) is 10.5 Å². The molecule has 2 aliphatic rings. The lowest BCUT2D eigenvalue weighted by atomic mass is 9.84. The molecular weight excluding hydrogens is 424 g/mol. The van der Waals surface area contributed by atoms with E-state index in [1.807, 2.05) is 6.07 Å². The maximum Gasteiger partial charge on any atom is 0.138 e. The fourth-order valence-corrected chi connectivity index (χ4v) is 4.62. The summed E-state index contributed by atoms with van der Waals surface area (Å²) in [6.07, 6.45) is -5.65. The molecule has 1 aromatic carbocycles. The van der Waals surface area contributed by atoms with Gasteiger partial charge in [0.2, 0.25) is 0 Å². The summed E-state index contributed by atoms with van der Waals surface area (Å²) < 4.78 is 10.7. The van der Waals surface area contributed by atoms with E-state index in [2.05, 4.69) is 11.4 Å². The van der Waals surface area contributed by atoms with Crippen molar-refractivity contribution in [2.45, 2.75) is 35.8 Å². The van der Waals surface area contributed by atoms with Crippen LogP contribution in [0, 0.1) is 22.7 Å². The maximum atomic E-state index is 10.3. The third-order valence-corrected chi connectivity index (χ3v) is 6.31. The average molecular weight is 446 g/mol. The normalized spacial score (nSPS) is 30.9. The zero-order valence-corrected chi connectivity index (χ0v) is 17.3. The minimum Gasteiger partial charge on any atom is -0.497 e. The molecule has 11 heteroatoms. The summed E-state index contributed by atoms with van der Waals surface area (Å²) in [6, 6.07) is 11.0. The summed E-state index contributed by atoms with van der Waals surface area (Å²) >= 11 is 0.873. The fourth-order valence-electron chi connectivity index (χ4n) is 3.43. The van der Waals surface area contributed by atoms with E-state index in [1.165, 1.54) is 7.11 Å². The number of nitrogens with two attached hydrogens (primary N) is 1. The number of methoxy groups -OCH3 is 1. The van der Waals surface area contributed by atoms with Gasteiger partial charge >= 0.3 is 0 Å². The Kier molecular flexibility index (Phi) is 7.08. The molecule has 0 bridgehead atoms. The number of hydrogen-bond acceptors (Lipinski definition) is 11. The first-order valence-electron chi connectivity index (χ1n) is 9.28. The van der Waals surface area contributed by atoms with Crippen LogP contribution in [0.15, 0.2) is 46.3 Å². The van der Waals surface area contributed by atoms with Gasteiger partial charge in [-0.1, -0.05) is 23.9 Å². The Morgan fingerprint density at radius 2 is 1.74 bits per heavy atom. The number of benzene rings is 1. The summed E-state index contributed by atoms with van der Waals surface area (Å²) in [4.78, 5) is 0. The molecule has 0 spiro atoms. The van der Waals surface area contributed by atoms with Gasteiger partial charge in [-0.3, -0.25) is 0 Å². The Hall–Kier alpha value is -2.77. The van der Waals surface area contributed by atoms with E-state index in [0.29, 0.717) is 11.3 Å². The van der Waals surface area contributed by atoms with Crippen molar-refractivity contribution in [1.82, 2.24) is 5.32 Å². The lowest BCUT2D eigenvalue weighted by molar-refractivity contribution is -0.205. The smallest absolute Gasteiger partial charge is 0.138 e. The molecule has 2 aliphatic heterocycles. The number of thioether (sulfide) groups is 1. The Morgan fingerprint density at radius 3 is 2.29 bits per heavy atom. The predicted molar refractivity (Wildman–Crippen MR) is 110 cm³/mol. The summed E-state index contributed by atoms with van der Waals surface area (Å²) in [5.74, 6) is -0.129. The third-order valence-electron chi connectivity index (χ3n) is 5.13. The second-order valence-corrected chi connectivity index (χ2v) is 8.05. The van der Waals surface area contributed by atoms with E-state index in [4.69, 9.17) is 15.2 Å². The number of rotatable bonds is 5. The van der Waals surface area contributed by atoms with E-state index in [1.54, 1.807) is 24.3 Å². The third kappa shape index (κ3) is 4.34. The van der Waals surface area contributed by atoms with Crippen LogP contribution in [0.4, 0.5) is 0 Å². The Morgan fingerprint density at radius 1 is 1.10 bits per heavy atom. The first-order valence-corrected chi connectivity index (χ1v) is 10.2. The van der Waals surface area contributed by atoms with Gasteiger partial charge in [0.25, 0.3) is 0 Å². The van der Waals surface area contributed by atoms with Crippen LogP contribution >= 0.6 is 11.8 Å². The topological polar surface area (TPSA) is 185 Å². The van der Waals surface area contributed by atoms with E-state index in [9.17, 15) is 30.9 Å². The van der Waals surface area contributed by atoms with Crippen LogP contribution in [0.5, 0.6) is 5.75 Å². The maximum absolute atomic E-state index is 10.3. The van der Waals surface area contributed by atoms with Crippen molar-refractivity contribution in [3.05, 3.63) is 51.8 Å². The van der Waals surface area contributed by atoms with Gasteiger partial charge < -0.3 is 41.0 Å². The minimum absolute atomic E-state index is 0.0365. The molecule has 31 heavy (non-hydrogen) atoms. The zero-order valence-electron chi connectivity index (χ0n) is 16.5. The first kappa shape index (κ1) is 22.9. The Labute approximate surface area is 182 Å². The summed E-state index contributed by atoms with van der Waals surface area (Å²) in [7, 11) is 1.52. The molecule has 10 nitrogen and oxygen atoms in total. The highest BCUT2D eigenvalue weighted by molar-refractivity contribution is 8.03. The average Bonchev–Trinajstić information content (AvgIpc) is 2.79. The summed E-state index contributed by atoms with van der Waals surface area (Å²) in [6.45, 7) is -0.575. The molecule has 164 valence electrons. The van der Waals surface area contributed by atoms with Crippen molar-refractivity contribution in [3.63, 3.8) is 0 Å². The van der Waals surface area contributed by atoms with E-state index < -0.39 is 42.4 Å². The molecule has 0 radical (unpaired) electrons. The molecule has 0 saturated carbocycles. The van der Waals surface area contributed by atoms with Crippen molar-refractivity contribution >= 4 is 11.8 Å². The molecule has 0 aromatic heterocycles. The summed E-state index contributed by atoms with van der Waals surface area (Å²) in [5.41, 5.74) is 5.89. The van der Waals surface area contributed by atoms with Gasteiger partial charge in [0.15, 0.2) is 0 Å². The van der Waals surface area contributed by atoms with Crippen LogP contribution in [-0.4, -0.2) is 64.0 Å². The SMILES string of the molecule is COc1ccc(C2C(C#N)=C(N)NC(S[C@@H]3O[C@H](CO)[C@@H](O)[C@H](O)[C@H]3O)=C2C#N)cc1. The van der Waals surface area contributed by atoms with E-state index in [-0.39, 0.29) is 22.0 Å². The van der Waals surface area contributed by atoms with Crippen LogP contribution < -0.4 is 15.8 Å². The van der Waals surface area contributed by atoms with Crippen LogP contribution in [0.2, 0.25) is 0 Å². The fraction of sp³-hybridized carbons (Fsp3) is 0.400. The Bertz CT molecular complexity index is 965. The molecule has 6 atom stereocenters. The molecule has 2 heterocycles. The second kappa shape index (κ2) is 9.58. The van der Waals surface area contributed by atoms with Gasteiger partial charge in [0.05, 0.1) is 47.9 Å². The highest BCUT2D eigenvalue weighted by Crippen LogP contribution is 2.42. The Balaban J connectivity index is 1.99. The number of nitriles is 2. The number of allylic oxidation sites excluding steroid dienone is 2. The molecule has 7 N–H and O–H groups in total. The van der Waals surface area contributed by atoms with Gasteiger partial charge in [-0.05, 0) is 17.7 Å². The molecule has 0 aliphatic carbocycles. The monoisotopic (exact) mass is 446 g/mol. The second-order valence-electron chi connectivity index (χ2n) is 6.94. The molecule has 0 amide bonds. The molecule has 1 saturated heterocycles. The van der Waals surface area contributed by atoms with Gasteiger partial charge in [0, 0.05) is 0 Å². The number of aliphatic hydroxyl groups excluding tert-OH is 4. The zero-order chi connectivity index (χ0) is 22.7. The van der Waals surface area contributed by atoms with Gasteiger partial charge in [-0.25, -0.2) is 0 Å². The number of ether oxygens (including phenoxy) is 2. The number of hydrogen-bond donors (Lipinski definition) is 6. The van der Waals surface area contributed by atoms with Crippen molar-refractivity contribution in [3.8, 4) is 17.9 Å². The number of nitrogens with one attached hydrogen (secondary N) is 1. The van der Waals surface area contributed by atoms with Crippen molar-refractivity contribution in [1.29, 1.82) is 10.5 Å². The highest BCUT2D eigenvalue weighted by Gasteiger charge is 2.45. The van der Waals surface area contributed by atoms with Gasteiger partial charge in [0.1, 0.15) is 41.4 Å². The lowest BCUT2D eigenvalue weighted by Crippen LogP contribution is -2.57. The minimum atomic E-state index is -1.56. The van der Waals surface area contributed by atoms with Gasteiger partial charge in [-0.15, -0.1) is 0 Å². The highest BCUT2D eigenvalue weighted by atomic mass is 32.2. The number of nitrogens with zero attached hydrogens (tertiary/aromatic N) is 2. The standard InChI is InChI=1S/C20H22N4O6S/c1-29-10-4-2-9(3-5-10)14-11(6-21)18(23)24-19(12(14)7-22)31-20-17(28)16(27)15(26)13(8-25)30-20/h2-5,13-17,20,24-28H,8,23H2,1H3/t13-,14?,15-,16+,17-,20+/m1/s1. The summed E-state index contributed by atoms with van der Waals surface area (Å²) in [5, 5.41) is 62.3. The lowest BCUT2D eigenvalue weighted by Gasteiger charge is -2.40. The predicted octanol–water partition coefficient (Wildman–Crippen LogP) is -0.656. The van der Waals surface area contributed by atoms with E-state index >= 15 is 0 Å². The number of aliphatic hydroxyl groups is 4. The van der Waals surface area contributed by atoms with Crippen LogP contribution in [0.3, 0.4) is 0 Å². The van der Waals surface area contributed by atoms with Crippen molar-refractivity contribution in [2.75, 3.05) is 13.7 Å². The largest absolute Gasteiger partial charge is 0.497 e. The molecular formula is C20H22N4O6S. The number of dihydropyridines is 1. The molecule has 1 unspecified atom stereocenters. The van der Waals surface area contributed by atoms with E-state index in [0.717, 1.165) is 11.8 Å². The quantitative estimate of drug-likeness (QED) is 0.337. The van der Waals surface area contributed by atoms with Crippen molar-refractivity contribution < 1.29 is 29.9 Å². The van der Waals surface area contributed by atoms with Crippen LogP contribution in [0.25, 0.3) is 0 Å². The molecule has 3 rings (SSSR count). The molecule has 1 fully saturated rings. The molecule has 1 aromatic rings. The first-order chi connectivity index (χ1) is 14.9. The van der Waals surface area contributed by atoms with Crippen LogP contribution in [0.1, 0.15) is 11.5 Å².